The zero-order chi connectivity index (χ0) is 21.9. The first-order valence-electron chi connectivity index (χ1n) is 9.74. The number of benzene rings is 2. The first kappa shape index (κ1) is 22.0. The fourth-order valence-electron chi connectivity index (χ4n) is 3.70. The molecule has 0 aliphatic heterocycles. The Bertz CT molecular complexity index is 1100. The van der Waals surface area contributed by atoms with Crippen molar-refractivity contribution < 1.29 is 32.0 Å². The molecule has 0 radical (unpaired) electrons. The maximum absolute atomic E-state index is 12.4. The summed E-state index contributed by atoms with van der Waals surface area (Å²) in [5.74, 6) is -1.52. The summed E-state index contributed by atoms with van der Waals surface area (Å²) >= 11 is 0. The summed E-state index contributed by atoms with van der Waals surface area (Å²) in [5.41, 5.74) is -0.548. The molecule has 7 nitrogen and oxygen atoms in total. The van der Waals surface area contributed by atoms with E-state index >= 15 is 0 Å². The molecule has 0 aromatic heterocycles. The van der Waals surface area contributed by atoms with Crippen LogP contribution in [0.3, 0.4) is 0 Å². The van der Waals surface area contributed by atoms with E-state index in [9.17, 15) is 22.6 Å². The lowest BCUT2D eigenvalue weighted by molar-refractivity contribution is -0.155. The summed E-state index contributed by atoms with van der Waals surface area (Å²) in [7, 11) is -4.75. The predicted octanol–water partition coefficient (Wildman–Crippen LogP) is 3.86. The Labute approximate surface area is 175 Å². The van der Waals surface area contributed by atoms with Crippen LogP contribution in [0.15, 0.2) is 53.4 Å². The van der Waals surface area contributed by atoms with E-state index in [0.717, 1.165) is 31.7 Å². The number of rotatable bonds is 7. The zero-order valence-electron chi connectivity index (χ0n) is 16.7. The van der Waals surface area contributed by atoms with E-state index in [2.05, 4.69) is 6.58 Å². The van der Waals surface area contributed by atoms with Crippen LogP contribution in [0.4, 0.5) is 0 Å². The van der Waals surface area contributed by atoms with Crippen LogP contribution >= 0.6 is 0 Å². The Hall–Kier alpha value is -2.71. The van der Waals surface area contributed by atoms with Gasteiger partial charge in [0, 0.05) is 11.0 Å². The molecule has 1 aliphatic carbocycles. The highest BCUT2D eigenvalue weighted by Gasteiger charge is 2.36. The Balaban J connectivity index is 1.75. The van der Waals surface area contributed by atoms with Gasteiger partial charge >= 0.3 is 11.9 Å². The molecule has 0 N–H and O–H groups in total. The van der Waals surface area contributed by atoms with Gasteiger partial charge in [0.1, 0.15) is 21.5 Å². The second-order valence-corrected chi connectivity index (χ2v) is 8.86. The van der Waals surface area contributed by atoms with E-state index in [-0.39, 0.29) is 11.3 Å². The molecule has 1 aliphatic rings. The molecule has 8 heteroatoms. The van der Waals surface area contributed by atoms with E-state index in [4.69, 9.17) is 9.47 Å². The molecule has 30 heavy (non-hydrogen) atoms. The van der Waals surface area contributed by atoms with Crippen molar-refractivity contribution in [1.29, 1.82) is 0 Å². The first-order chi connectivity index (χ1) is 14.1. The fourth-order valence-corrected chi connectivity index (χ4v) is 4.22. The van der Waals surface area contributed by atoms with Gasteiger partial charge < -0.3 is 14.0 Å². The lowest BCUT2D eigenvalue weighted by Crippen LogP contribution is -2.32. The summed E-state index contributed by atoms with van der Waals surface area (Å²) in [6.07, 6.45) is 3.83. The van der Waals surface area contributed by atoms with Crippen molar-refractivity contribution in [3.63, 3.8) is 0 Å². The molecule has 0 saturated heterocycles. The normalized spacial score (nSPS) is 15.7. The van der Waals surface area contributed by atoms with Crippen LogP contribution in [0.1, 0.15) is 45.4 Å². The number of fused-ring (bicyclic) bond motifs is 1. The van der Waals surface area contributed by atoms with Crippen molar-refractivity contribution in [3.05, 3.63) is 48.6 Å². The number of hydrogen-bond donors (Lipinski definition) is 0. The third-order valence-electron chi connectivity index (χ3n) is 5.42. The molecule has 0 bridgehead atoms. The van der Waals surface area contributed by atoms with Crippen molar-refractivity contribution in [2.24, 2.45) is 0 Å². The lowest BCUT2D eigenvalue weighted by Gasteiger charge is -2.28. The number of ether oxygens (including phenoxy) is 2. The van der Waals surface area contributed by atoms with E-state index in [0.29, 0.717) is 17.2 Å². The topological polar surface area (TPSA) is 110 Å². The minimum atomic E-state index is -4.75. The summed E-state index contributed by atoms with van der Waals surface area (Å²) in [5, 5.41) is 0.893. The summed E-state index contributed by atoms with van der Waals surface area (Å²) in [6, 6.07) is 8.81. The number of carbonyl (C=O) groups excluding carboxylic acids is 2. The quantitative estimate of drug-likeness (QED) is 0.283. The highest BCUT2D eigenvalue weighted by molar-refractivity contribution is 7.85. The molecule has 0 amide bonds. The van der Waals surface area contributed by atoms with Crippen molar-refractivity contribution >= 4 is 32.8 Å². The summed E-state index contributed by atoms with van der Waals surface area (Å²) in [4.78, 5) is 24.3. The van der Waals surface area contributed by atoms with Crippen LogP contribution in [0.2, 0.25) is 0 Å². The summed E-state index contributed by atoms with van der Waals surface area (Å²) in [6.45, 7) is 5.60. The molecular formula is C22H23O7S-. The van der Waals surface area contributed by atoms with Crippen LogP contribution in [0, 0.1) is 0 Å². The zero-order valence-corrected chi connectivity index (χ0v) is 17.5. The molecule has 3 rings (SSSR count). The summed E-state index contributed by atoms with van der Waals surface area (Å²) < 4.78 is 45.2. The Morgan fingerprint density at radius 1 is 1.17 bits per heavy atom. The van der Waals surface area contributed by atoms with Gasteiger partial charge in [-0.25, -0.2) is 13.2 Å². The molecular weight excluding hydrogens is 408 g/mol. The maximum atomic E-state index is 12.4. The van der Waals surface area contributed by atoms with Gasteiger partial charge in [-0.3, -0.25) is 4.79 Å². The molecule has 2 aromatic rings. The Morgan fingerprint density at radius 2 is 1.83 bits per heavy atom. The van der Waals surface area contributed by atoms with E-state index in [1.165, 1.54) is 6.07 Å². The van der Waals surface area contributed by atoms with E-state index in [1.807, 2.05) is 6.92 Å². The standard InChI is InChI=1S/C22H24O7S/c1-3-22(10-6-7-11-22)29-21(24)15(2)12-20(23)28-19-14-17(30(25,26)27)13-16-8-4-5-9-18(16)19/h4-5,8-9,13-14H,2-3,6-7,10-12H2,1H3,(H,25,26,27)/p-1. The van der Waals surface area contributed by atoms with Gasteiger partial charge in [0.05, 0.1) is 11.3 Å². The lowest BCUT2D eigenvalue weighted by atomic mass is 9.98. The van der Waals surface area contributed by atoms with Crippen LogP contribution in [-0.2, 0) is 24.4 Å². The van der Waals surface area contributed by atoms with Gasteiger partial charge in [-0.05, 0) is 49.6 Å². The van der Waals surface area contributed by atoms with Crippen LogP contribution in [0.5, 0.6) is 5.75 Å². The number of esters is 2. The molecule has 2 aromatic carbocycles. The van der Waals surface area contributed by atoms with Gasteiger partial charge in [0.15, 0.2) is 0 Å². The van der Waals surface area contributed by atoms with Gasteiger partial charge in [0.2, 0.25) is 0 Å². The van der Waals surface area contributed by atoms with Gasteiger partial charge in [-0.15, -0.1) is 0 Å². The van der Waals surface area contributed by atoms with Crippen molar-refractivity contribution in [1.82, 2.24) is 0 Å². The third-order valence-corrected chi connectivity index (χ3v) is 6.24. The number of carbonyl (C=O) groups is 2. The van der Waals surface area contributed by atoms with Crippen molar-refractivity contribution in [2.75, 3.05) is 0 Å². The predicted molar refractivity (Wildman–Crippen MR) is 109 cm³/mol. The Morgan fingerprint density at radius 3 is 2.47 bits per heavy atom. The van der Waals surface area contributed by atoms with Crippen LogP contribution < -0.4 is 4.74 Å². The van der Waals surface area contributed by atoms with Crippen molar-refractivity contribution in [3.8, 4) is 5.75 Å². The van der Waals surface area contributed by atoms with Gasteiger partial charge in [-0.2, -0.15) is 0 Å². The smallest absolute Gasteiger partial charge is 0.334 e. The van der Waals surface area contributed by atoms with Crippen LogP contribution in [-0.4, -0.2) is 30.5 Å². The highest BCUT2D eigenvalue weighted by Crippen LogP contribution is 2.36. The monoisotopic (exact) mass is 431 g/mol. The molecule has 0 spiro atoms. The average molecular weight is 431 g/mol. The van der Waals surface area contributed by atoms with Crippen molar-refractivity contribution in [2.45, 2.75) is 55.9 Å². The number of hydrogen-bond acceptors (Lipinski definition) is 7. The minimum absolute atomic E-state index is 0.0448. The van der Waals surface area contributed by atoms with E-state index < -0.39 is 39.0 Å². The highest BCUT2D eigenvalue weighted by atomic mass is 32.2. The first-order valence-corrected chi connectivity index (χ1v) is 11.1. The molecule has 160 valence electrons. The molecule has 0 atom stereocenters. The molecule has 0 heterocycles. The van der Waals surface area contributed by atoms with E-state index in [1.54, 1.807) is 24.3 Å². The molecule has 0 unspecified atom stereocenters. The second-order valence-electron chi connectivity index (χ2n) is 7.48. The van der Waals surface area contributed by atoms with Crippen LogP contribution in [0.25, 0.3) is 10.8 Å². The SMILES string of the molecule is C=C(CC(=O)Oc1cc(S(=O)(=O)[O-])cc2ccccc12)C(=O)OC1(CC)CCCC1. The minimum Gasteiger partial charge on any atom is -0.744 e. The largest absolute Gasteiger partial charge is 0.744 e. The van der Waals surface area contributed by atoms with Gasteiger partial charge in [0.25, 0.3) is 0 Å². The van der Waals surface area contributed by atoms with Gasteiger partial charge in [-0.1, -0.05) is 37.8 Å². The maximum Gasteiger partial charge on any atom is 0.334 e. The Kier molecular flexibility index (Phi) is 6.28. The molecule has 1 saturated carbocycles. The molecule has 1 fully saturated rings. The second kappa shape index (κ2) is 8.57. The average Bonchev–Trinajstić information content (AvgIpc) is 3.16. The third kappa shape index (κ3) is 4.88. The fraction of sp³-hybridized carbons (Fsp3) is 0.364.